The van der Waals surface area contributed by atoms with Crippen molar-refractivity contribution < 1.29 is 18.8 Å². The van der Waals surface area contributed by atoms with Crippen LogP contribution in [0.1, 0.15) is 70.3 Å². The summed E-state index contributed by atoms with van der Waals surface area (Å²) in [6, 6.07) is 15.1. The van der Waals surface area contributed by atoms with Gasteiger partial charge in [0.15, 0.2) is 8.32 Å². The summed E-state index contributed by atoms with van der Waals surface area (Å²) in [5.41, 5.74) is 2.41. The maximum absolute atomic E-state index is 14.7. The monoisotopic (exact) mass is 682 g/mol. The SMILES string of the molecule is Cn1cc(-c2ccc(C(=O)N(c3nccc4cccc(/C=C\CO[Si](C)(C)C(C)(C)C)c34)[C@@H]3CCCN(C(=O)OC(C)(C)C)C3)cc2)nn1. The number of aromatic nitrogens is 4. The van der Waals surface area contributed by atoms with E-state index in [4.69, 9.17) is 14.1 Å². The van der Waals surface area contributed by atoms with E-state index >= 15 is 0 Å². The second kappa shape index (κ2) is 14.2. The number of carbonyl (C=O) groups is 2. The number of fused-ring (bicyclic) bond motifs is 1. The summed E-state index contributed by atoms with van der Waals surface area (Å²) < 4.78 is 13.8. The Morgan fingerprint density at radius 3 is 2.43 bits per heavy atom. The number of anilines is 1. The Morgan fingerprint density at radius 1 is 1.04 bits per heavy atom. The third-order valence-corrected chi connectivity index (χ3v) is 13.8. The third-order valence-electron chi connectivity index (χ3n) is 9.34. The summed E-state index contributed by atoms with van der Waals surface area (Å²) >= 11 is 0. The molecule has 0 spiro atoms. The molecule has 11 heteroatoms. The average Bonchev–Trinajstić information content (AvgIpc) is 3.48. The molecule has 0 N–H and O–H groups in total. The van der Waals surface area contributed by atoms with Crippen LogP contribution in [0.25, 0.3) is 28.1 Å². The maximum Gasteiger partial charge on any atom is 0.410 e. The molecule has 1 aliphatic heterocycles. The number of hydrogen-bond acceptors (Lipinski definition) is 7. The van der Waals surface area contributed by atoms with Crippen molar-refractivity contribution in [2.24, 2.45) is 7.05 Å². The van der Waals surface area contributed by atoms with E-state index in [2.05, 4.69) is 50.3 Å². The van der Waals surface area contributed by atoms with E-state index in [9.17, 15) is 9.59 Å². The van der Waals surface area contributed by atoms with E-state index in [1.165, 1.54) is 0 Å². The lowest BCUT2D eigenvalue weighted by Crippen LogP contribution is -2.53. The largest absolute Gasteiger partial charge is 0.444 e. The molecule has 1 fully saturated rings. The minimum atomic E-state index is -1.92. The van der Waals surface area contributed by atoms with Gasteiger partial charge in [-0.15, -0.1) is 5.10 Å². The molecule has 0 aliphatic carbocycles. The highest BCUT2D eigenvalue weighted by Crippen LogP contribution is 2.37. The van der Waals surface area contributed by atoms with Gasteiger partial charge < -0.3 is 14.1 Å². The molecule has 1 atom stereocenters. The van der Waals surface area contributed by atoms with Crippen molar-refractivity contribution in [3.05, 3.63) is 78.1 Å². The molecule has 0 bridgehead atoms. The van der Waals surface area contributed by atoms with E-state index in [1.807, 2.05) is 88.6 Å². The molecule has 0 unspecified atom stereocenters. The normalized spacial score (nSPS) is 15.9. The maximum atomic E-state index is 14.7. The summed E-state index contributed by atoms with van der Waals surface area (Å²) in [5, 5.41) is 10.2. The third kappa shape index (κ3) is 8.45. The van der Waals surface area contributed by atoms with E-state index in [1.54, 1.807) is 20.7 Å². The first kappa shape index (κ1) is 35.9. The molecule has 2 aromatic carbocycles. The van der Waals surface area contributed by atoms with E-state index in [0.29, 0.717) is 37.5 Å². The number of benzene rings is 2. The van der Waals surface area contributed by atoms with Crippen LogP contribution in [0.15, 0.2) is 67.0 Å². The van der Waals surface area contributed by atoms with Crippen LogP contribution in [-0.4, -0.2) is 76.5 Å². The van der Waals surface area contributed by atoms with Gasteiger partial charge in [-0.25, -0.2) is 9.78 Å². The highest BCUT2D eigenvalue weighted by Gasteiger charge is 2.37. The number of pyridine rings is 1. The van der Waals surface area contributed by atoms with Crippen LogP contribution in [0, 0.1) is 0 Å². The van der Waals surface area contributed by atoms with Gasteiger partial charge in [0.05, 0.1) is 18.8 Å². The van der Waals surface area contributed by atoms with E-state index < -0.39 is 13.9 Å². The molecule has 4 aromatic rings. The molecule has 49 heavy (non-hydrogen) atoms. The number of likely N-dealkylation sites (tertiary alicyclic amines) is 1. The lowest BCUT2D eigenvalue weighted by atomic mass is 9.99. The van der Waals surface area contributed by atoms with Gasteiger partial charge in [-0.2, -0.15) is 0 Å². The first-order chi connectivity index (χ1) is 23.0. The second-order valence-corrected chi connectivity index (χ2v) is 20.1. The second-order valence-electron chi connectivity index (χ2n) is 15.3. The van der Waals surface area contributed by atoms with Gasteiger partial charge >= 0.3 is 6.09 Å². The highest BCUT2D eigenvalue weighted by atomic mass is 28.4. The van der Waals surface area contributed by atoms with Crippen molar-refractivity contribution in [1.82, 2.24) is 24.9 Å². The summed E-state index contributed by atoms with van der Waals surface area (Å²) in [6.45, 7) is 18.2. The molecule has 2 amide bonds. The topological polar surface area (TPSA) is 103 Å². The fraction of sp³-hybridized carbons (Fsp3) is 0.447. The van der Waals surface area contributed by atoms with Gasteiger partial charge in [0.2, 0.25) is 0 Å². The molecule has 0 saturated carbocycles. The Bertz CT molecular complexity index is 1820. The van der Waals surface area contributed by atoms with Crippen molar-refractivity contribution in [3.63, 3.8) is 0 Å². The van der Waals surface area contributed by atoms with Crippen molar-refractivity contribution in [2.75, 3.05) is 24.6 Å². The summed E-state index contributed by atoms with van der Waals surface area (Å²) in [4.78, 5) is 36.3. The first-order valence-electron chi connectivity index (χ1n) is 17.0. The van der Waals surface area contributed by atoms with Crippen LogP contribution in [-0.2, 0) is 16.2 Å². The minimum absolute atomic E-state index is 0.109. The summed E-state index contributed by atoms with van der Waals surface area (Å²) in [7, 11) is -0.105. The van der Waals surface area contributed by atoms with Crippen LogP contribution >= 0.6 is 0 Å². The molecular formula is C38H50N6O4Si. The van der Waals surface area contributed by atoms with Crippen LogP contribution < -0.4 is 4.90 Å². The molecule has 5 rings (SSSR count). The van der Waals surface area contributed by atoms with Gasteiger partial charge in [0.1, 0.15) is 17.1 Å². The molecule has 1 aliphatic rings. The molecule has 1 saturated heterocycles. The Labute approximate surface area is 291 Å². The standard InChI is InChI=1S/C38H50N6O4Si/c1-37(2,3)48-36(46)43-23-11-16-31(25-43)44(35(45)30-19-17-27(18-20-30)32-26-42(7)41-40-32)34-33-28(13-10-14-29(33)21-22-39-34)15-12-24-47-49(8,9)38(4,5)6/h10,12-15,17-22,26,31H,11,16,23-25H2,1-9H3/b15-12-/t31-/m1/s1. The minimum Gasteiger partial charge on any atom is -0.444 e. The molecule has 0 radical (unpaired) electrons. The van der Waals surface area contributed by atoms with Crippen LogP contribution in [0.4, 0.5) is 10.6 Å². The molecule has 10 nitrogen and oxygen atoms in total. The van der Waals surface area contributed by atoms with Crippen LogP contribution in [0.2, 0.25) is 18.1 Å². The summed E-state index contributed by atoms with van der Waals surface area (Å²) in [5.74, 6) is 0.365. The zero-order valence-electron chi connectivity index (χ0n) is 30.4. The number of aryl methyl sites for hydroxylation is 1. The lowest BCUT2D eigenvalue weighted by Gasteiger charge is -2.39. The first-order valence-corrected chi connectivity index (χ1v) is 19.9. The van der Waals surface area contributed by atoms with Gasteiger partial charge in [-0.3, -0.25) is 14.4 Å². The predicted molar refractivity (Wildman–Crippen MR) is 198 cm³/mol. The van der Waals surface area contributed by atoms with Crippen molar-refractivity contribution in [3.8, 4) is 11.3 Å². The molecule has 2 aromatic heterocycles. The zero-order valence-corrected chi connectivity index (χ0v) is 31.4. The van der Waals surface area contributed by atoms with E-state index in [0.717, 1.165) is 34.0 Å². The molecule has 3 heterocycles. The number of amides is 2. The fourth-order valence-electron chi connectivity index (χ4n) is 5.70. The number of carbonyl (C=O) groups excluding carboxylic acids is 2. The fourth-order valence-corrected chi connectivity index (χ4v) is 6.65. The van der Waals surface area contributed by atoms with Crippen molar-refractivity contribution >= 4 is 43.0 Å². The van der Waals surface area contributed by atoms with E-state index in [-0.39, 0.29) is 23.1 Å². The average molecular weight is 683 g/mol. The number of piperidine rings is 1. The molecular weight excluding hydrogens is 633 g/mol. The van der Waals surface area contributed by atoms with Gasteiger partial charge in [-0.1, -0.05) is 68.5 Å². The van der Waals surface area contributed by atoms with Gasteiger partial charge in [-0.05, 0) is 80.9 Å². The number of rotatable bonds is 8. The predicted octanol–water partition coefficient (Wildman–Crippen LogP) is 8.11. The Kier molecular flexibility index (Phi) is 10.4. The Morgan fingerprint density at radius 2 is 1.78 bits per heavy atom. The number of nitrogens with zero attached hydrogens (tertiary/aromatic N) is 6. The van der Waals surface area contributed by atoms with Crippen molar-refractivity contribution in [1.29, 1.82) is 0 Å². The van der Waals surface area contributed by atoms with Gasteiger partial charge in [0, 0.05) is 42.8 Å². The highest BCUT2D eigenvalue weighted by molar-refractivity contribution is 6.74. The quantitative estimate of drug-likeness (QED) is 0.173. The lowest BCUT2D eigenvalue weighted by molar-refractivity contribution is 0.0196. The Balaban J connectivity index is 1.55. The summed E-state index contributed by atoms with van der Waals surface area (Å²) in [6.07, 6.45) is 8.75. The molecule has 260 valence electrons. The van der Waals surface area contributed by atoms with Crippen molar-refractivity contribution in [2.45, 2.75) is 84.2 Å². The Hall–Kier alpha value is -4.35. The van der Waals surface area contributed by atoms with Gasteiger partial charge in [0.25, 0.3) is 5.91 Å². The number of hydrogen-bond donors (Lipinski definition) is 0. The zero-order chi connectivity index (χ0) is 35.6. The van der Waals surface area contributed by atoms with Crippen LogP contribution in [0.3, 0.4) is 0 Å². The number of ether oxygens (including phenoxy) is 1. The smallest absolute Gasteiger partial charge is 0.410 e. The van der Waals surface area contributed by atoms with Crippen LogP contribution in [0.5, 0.6) is 0 Å².